The molecule has 0 aliphatic carbocycles. The van der Waals surface area contributed by atoms with Gasteiger partial charge in [-0.15, -0.1) is 0 Å². The van der Waals surface area contributed by atoms with Crippen LogP contribution in [-0.2, 0) is 0 Å². The molecule has 0 bridgehead atoms. The second-order valence-electron chi connectivity index (χ2n) is 3.89. The first kappa shape index (κ1) is 10.0. The summed E-state index contributed by atoms with van der Waals surface area (Å²) in [4.78, 5) is 4.18. The number of hydrogen-bond acceptors (Lipinski definition) is 5. The van der Waals surface area contributed by atoms with Crippen molar-refractivity contribution < 1.29 is 8.94 Å². The topological polar surface area (TPSA) is 78.1 Å². The molecule has 2 N–H and O–H groups in total. The van der Waals surface area contributed by atoms with Gasteiger partial charge in [-0.25, -0.2) is 0 Å². The molecule has 0 radical (unpaired) electrons. The van der Waals surface area contributed by atoms with Crippen LogP contribution in [0.4, 0.5) is 0 Å². The van der Waals surface area contributed by atoms with Crippen LogP contribution in [0.5, 0.6) is 0 Å². The van der Waals surface area contributed by atoms with Gasteiger partial charge < -0.3 is 14.7 Å². The third kappa shape index (κ3) is 1.70. The summed E-state index contributed by atoms with van der Waals surface area (Å²) in [5.74, 6) is 1.41. The summed E-state index contributed by atoms with van der Waals surface area (Å²) in [6.07, 6.45) is 0. The summed E-state index contributed by atoms with van der Waals surface area (Å²) in [5.41, 5.74) is 6.45. The average molecular weight is 229 g/mol. The van der Waals surface area contributed by atoms with Crippen LogP contribution in [0.1, 0.15) is 18.9 Å². The molecule has 5 nitrogen and oxygen atoms in total. The van der Waals surface area contributed by atoms with Crippen LogP contribution < -0.4 is 5.73 Å². The van der Waals surface area contributed by atoms with Gasteiger partial charge in [-0.2, -0.15) is 4.98 Å². The van der Waals surface area contributed by atoms with Gasteiger partial charge in [-0.05, 0) is 19.1 Å². The van der Waals surface area contributed by atoms with Crippen LogP contribution in [0.15, 0.2) is 39.3 Å². The van der Waals surface area contributed by atoms with E-state index in [-0.39, 0.29) is 6.04 Å². The van der Waals surface area contributed by atoms with Gasteiger partial charge in [0, 0.05) is 5.39 Å². The standard InChI is InChI=1S/C12H11N3O2/c1-7(13)12-14-11(15-17-12)10-6-8-4-2-3-5-9(8)16-10/h2-7H,13H2,1H3. The zero-order valence-corrected chi connectivity index (χ0v) is 9.25. The largest absolute Gasteiger partial charge is 0.453 e. The first-order valence-corrected chi connectivity index (χ1v) is 5.32. The summed E-state index contributed by atoms with van der Waals surface area (Å²) in [6.45, 7) is 1.79. The van der Waals surface area contributed by atoms with E-state index in [0.29, 0.717) is 17.5 Å². The number of aromatic nitrogens is 2. The van der Waals surface area contributed by atoms with Gasteiger partial charge in [0.1, 0.15) is 5.58 Å². The Hall–Kier alpha value is -2.14. The minimum Gasteiger partial charge on any atom is -0.453 e. The van der Waals surface area contributed by atoms with E-state index in [1.807, 2.05) is 30.3 Å². The van der Waals surface area contributed by atoms with Crippen LogP contribution in [0, 0.1) is 0 Å². The fraction of sp³-hybridized carbons (Fsp3) is 0.167. The van der Waals surface area contributed by atoms with Crippen molar-refractivity contribution >= 4 is 11.0 Å². The molecule has 1 aromatic carbocycles. The fourth-order valence-electron chi connectivity index (χ4n) is 1.61. The predicted molar refractivity (Wildman–Crippen MR) is 62.1 cm³/mol. The molecule has 2 aromatic heterocycles. The Labute approximate surface area is 97.2 Å². The lowest BCUT2D eigenvalue weighted by atomic mass is 10.2. The predicted octanol–water partition coefficient (Wildman–Crippen LogP) is 2.50. The minimum atomic E-state index is -0.277. The maximum atomic E-state index is 5.65. The summed E-state index contributed by atoms with van der Waals surface area (Å²) in [7, 11) is 0. The van der Waals surface area contributed by atoms with Crippen molar-refractivity contribution in [3.8, 4) is 11.6 Å². The van der Waals surface area contributed by atoms with E-state index < -0.39 is 0 Å². The first-order chi connectivity index (χ1) is 8.24. The third-order valence-corrected chi connectivity index (χ3v) is 2.48. The highest BCUT2D eigenvalue weighted by Crippen LogP contribution is 2.26. The number of benzene rings is 1. The molecule has 0 aliphatic rings. The first-order valence-electron chi connectivity index (χ1n) is 5.32. The molecule has 0 fully saturated rings. The van der Waals surface area contributed by atoms with Gasteiger partial charge >= 0.3 is 0 Å². The second-order valence-corrected chi connectivity index (χ2v) is 3.89. The number of fused-ring (bicyclic) bond motifs is 1. The highest BCUT2D eigenvalue weighted by molar-refractivity contribution is 5.81. The Balaban J connectivity index is 2.07. The summed E-state index contributed by atoms with van der Waals surface area (Å²) < 4.78 is 10.7. The van der Waals surface area contributed by atoms with E-state index in [9.17, 15) is 0 Å². The Bertz CT molecular complexity index is 621. The Morgan fingerprint density at radius 2 is 2.12 bits per heavy atom. The van der Waals surface area contributed by atoms with Crippen molar-refractivity contribution in [2.45, 2.75) is 13.0 Å². The SMILES string of the molecule is CC(N)c1nc(-c2cc3ccccc3o2)no1. The second kappa shape index (κ2) is 3.71. The molecule has 1 unspecified atom stereocenters. The monoisotopic (exact) mass is 229 g/mol. The van der Waals surface area contributed by atoms with Crippen LogP contribution in [0.3, 0.4) is 0 Å². The molecule has 0 saturated heterocycles. The number of furan rings is 1. The van der Waals surface area contributed by atoms with E-state index in [4.69, 9.17) is 14.7 Å². The van der Waals surface area contributed by atoms with Crippen molar-refractivity contribution in [1.82, 2.24) is 10.1 Å². The molecular formula is C12H11N3O2. The van der Waals surface area contributed by atoms with Crippen molar-refractivity contribution in [3.05, 3.63) is 36.2 Å². The van der Waals surface area contributed by atoms with Crippen LogP contribution in [0.25, 0.3) is 22.6 Å². The zero-order valence-electron chi connectivity index (χ0n) is 9.25. The summed E-state index contributed by atoms with van der Waals surface area (Å²) in [5, 5.41) is 4.85. The average Bonchev–Trinajstić information content (AvgIpc) is 2.95. The highest BCUT2D eigenvalue weighted by atomic mass is 16.5. The Kier molecular flexibility index (Phi) is 2.19. The normalized spacial score (nSPS) is 13.1. The molecule has 5 heteroatoms. The molecule has 3 aromatic rings. The lowest BCUT2D eigenvalue weighted by Crippen LogP contribution is -2.04. The van der Waals surface area contributed by atoms with Crippen LogP contribution in [-0.4, -0.2) is 10.1 Å². The summed E-state index contributed by atoms with van der Waals surface area (Å²) >= 11 is 0. The summed E-state index contributed by atoms with van der Waals surface area (Å²) in [6, 6.07) is 9.33. The third-order valence-electron chi connectivity index (χ3n) is 2.48. The number of nitrogens with zero attached hydrogens (tertiary/aromatic N) is 2. The van der Waals surface area contributed by atoms with E-state index in [1.54, 1.807) is 6.92 Å². The van der Waals surface area contributed by atoms with E-state index in [2.05, 4.69) is 10.1 Å². The molecule has 86 valence electrons. The zero-order chi connectivity index (χ0) is 11.8. The molecule has 1 atom stereocenters. The van der Waals surface area contributed by atoms with Crippen LogP contribution >= 0.6 is 0 Å². The number of hydrogen-bond donors (Lipinski definition) is 1. The molecule has 0 aliphatic heterocycles. The van der Waals surface area contributed by atoms with E-state index in [0.717, 1.165) is 11.0 Å². The lowest BCUT2D eigenvalue weighted by molar-refractivity contribution is 0.361. The number of nitrogens with two attached hydrogens (primary N) is 1. The quantitative estimate of drug-likeness (QED) is 0.730. The fourth-order valence-corrected chi connectivity index (χ4v) is 1.61. The van der Waals surface area contributed by atoms with Gasteiger partial charge in [0.15, 0.2) is 5.76 Å². The smallest absolute Gasteiger partial charge is 0.243 e. The molecule has 0 spiro atoms. The van der Waals surface area contributed by atoms with Gasteiger partial charge in [0.2, 0.25) is 11.7 Å². The van der Waals surface area contributed by atoms with Crippen molar-refractivity contribution in [3.63, 3.8) is 0 Å². The highest BCUT2D eigenvalue weighted by Gasteiger charge is 2.15. The molecule has 2 heterocycles. The van der Waals surface area contributed by atoms with Gasteiger partial charge in [-0.3, -0.25) is 0 Å². The maximum absolute atomic E-state index is 5.65. The van der Waals surface area contributed by atoms with Crippen molar-refractivity contribution in [1.29, 1.82) is 0 Å². The Morgan fingerprint density at radius 1 is 1.29 bits per heavy atom. The van der Waals surface area contributed by atoms with E-state index in [1.165, 1.54) is 0 Å². The minimum absolute atomic E-state index is 0.277. The molecule has 0 saturated carbocycles. The van der Waals surface area contributed by atoms with Gasteiger partial charge in [0.25, 0.3) is 0 Å². The number of para-hydroxylation sites is 1. The van der Waals surface area contributed by atoms with Crippen LogP contribution in [0.2, 0.25) is 0 Å². The van der Waals surface area contributed by atoms with Crippen molar-refractivity contribution in [2.24, 2.45) is 5.73 Å². The Morgan fingerprint density at radius 3 is 2.82 bits per heavy atom. The molecule has 0 amide bonds. The van der Waals surface area contributed by atoms with Gasteiger partial charge in [-0.1, -0.05) is 23.4 Å². The van der Waals surface area contributed by atoms with E-state index >= 15 is 0 Å². The van der Waals surface area contributed by atoms with Crippen molar-refractivity contribution in [2.75, 3.05) is 0 Å². The van der Waals surface area contributed by atoms with Gasteiger partial charge in [0.05, 0.1) is 6.04 Å². The molecule has 17 heavy (non-hydrogen) atoms. The molecular weight excluding hydrogens is 218 g/mol. The maximum Gasteiger partial charge on any atom is 0.243 e. The molecule has 3 rings (SSSR count). The lowest BCUT2D eigenvalue weighted by Gasteiger charge is -1.92. The number of rotatable bonds is 2.